The first kappa shape index (κ1) is 19.6. The number of nitrogens with zero attached hydrogens (tertiary/aromatic N) is 2. The van der Waals surface area contributed by atoms with E-state index < -0.39 is 0 Å². The quantitative estimate of drug-likeness (QED) is 0.651. The molecule has 6 heteroatoms. The molecule has 28 heavy (non-hydrogen) atoms. The molecule has 0 fully saturated rings. The van der Waals surface area contributed by atoms with E-state index in [1.165, 1.54) is 0 Å². The lowest BCUT2D eigenvalue weighted by Crippen LogP contribution is -2.32. The van der Waals surface area contributed by atoms with Crippen molar-refractivity contribution in [1.82, 2.24) is 15.5 Å². The molecule has 1 heterocycles. The van der Waals surface area contributed by atoms with Gasteiger partial charge in [0.25, 0.3) is 5.91 Å². The van der Waals surface area contributed by atoms with Crippen LogP contribution < -0.4 is 10.1 Å². The molecule has 0 unspecified atom stereocenters. The Morgan fingerprint density at radius 3 is 2.64 bits per heavy atom. The van der Waals surface area contributed by atoms with Crippen LogP contribution in [0.3, 0.4) is 0 Å². The summed E-state index contributed by atoms with van der Waals surface area (Å²) in [6.45, 7) is 6.10. The number of carbonyl (C=O) groups excluding carboxylic acids is 1. The Morgan fingerprint density at radius 2 is 1.96 bits per heavy atom. The summed E-state index contributed by atoms with van der Waals surface area (Å²) in [5.41, 5.74) is 2.50. The maximum Gasteiger partial charge on any atom is 0.251 e. The average Bonchev–Trinajstić information content (AvgIpc) is 3.21. The fraction of sp³-hybridized carbons (Fsp3) is 0.318. The standard InChI is InChI=1S/C22H25N3O3/c1-5-15(3)19(23-21(26)16-11-9-14(2)10-12-16)22-24-20(25-28-22)17-7-6-8-18(13-17)27-4/h6-13,15,19H,5H2,1-4H3,(H,23,26)/t15-,19-/m0/s1. The summed E-state index contributed by atoms with van der Waals surface area (Å²) in [4.78, 5) is 17.2. The summed E-state index contributed by atoms with van der Waals surface area (Å²) >= 11 is 0. The van der Waals surface area contributed by atoms with Crippen molar-refractivity contribution in [2.75, 3.05) is 7.11 Å². The zero-order chi connectivity index (χ0) is 20.1. The van der Waals surface area contributed by atoms with Gasteiger partial charge in [-0.25, -0.2) is 0 Å². The summed E-state index contributed by atoms with van der Waals surface area (Å²) in [6, 6.07) is 14.6. The van der Waals surface area contributed by atoms with Crippen LogP contribution in [0.4, 0.5) is 0 Å². The molecule has 2 aromatic carbocycles. The van der Waals surface area contributed by atoms with Gasteiger partial charge in [-0.1, -0.05) is 55.3 Å². The van der Waals surface area contributed by atoms with Gasteiger partial charge in [0.1, 0.15) is 11.8 Å². The minimum absolute atomic E-state index is 0.132. The minimum atomic E-state index is -0.370. The normalized spacial score (nSPS) is 13.0. The number of hydrogen-bond acceptors (Lipinski definition) is 5. The Kier molecular flexibility index (Phi) is 6.09. The molecule has 0 spiro atoms. The minimum Gasteiger partial charge on any atom is -0.497 e. The van der Waals surface area contributed by atoms with Crippen LogP contribution in [-0.2, 0) is 0 Å². The number of aryl methyl sites for hydroxylation is 1. The first-order valence-electron chi connectivity index (χ1n) is 9.37. The van der Waals surface area contributed by atoms with Crippen molar-refractivity contribution in [3.63, 3.8) is 0 Å². The van der Waals surface area contributed by atoms with Crippen molar-refractivity contribution in [2.45, 2.75) is 33.2 Å². The van der Waals surface area contributed by atoms with Gasteiger partial charge in [0.2, 0.25) is 11.7 Å². The van der Waals surface area contributed by atoms with E-state index in [0.29, 0.717) is 17.3 Å². The Balaban J connectivity index is 1.85. The summed E-state index contributed by atoms with van der Waals surface area (Å²) in [5, 5.41) is 7.15. The fourth-order valence-corrected chi connectivity index (χ4v) is 2.85. The molecular weight excluding hydrogens is 354 g/mol. The molecule has 3 aromatic rings. The number of ether oxygens (including phenoxy) is 1. The molecule has 0 bridgehead atoms. The van der Waals surface area contributed by atoms with Crippen LogP contribution in [0.15, 0.2) is 53.1 Å². The molecule has 3 rings (SSSR count). The van der Waals surface area contributed by atoms with Crippen LogP contribution in [0.5, 0.6) is 5.75 Å². The van der Waals surface area contributed by atoms with E-state index in [2.05, 4.69) is 29.3 Å². The molecule has 6 nitrogen and oxygen atoms in total. The molecule has 0 saturated carbocycles. The second-order valence-corrected chi connectivity index (χ2v) is 6.89. The lowest BCUT2D eigenvalue weighted by Gasteiger charge is -2.20. The van der Waals surface area contributed by atoms with Crippen LogP contribution in [0.1, 0.15) is 48.1 Å². The highest BCUT2D eigenvalue weighted by Gasteiger charge is 2.27. The van der Waals surface area contributed by atoms with E-state index in [0.717, 1.165) is 23.3 Å². The number of carbonyl (C=O) groups is 1. The van der Waals surface area contributed by atoms with Gasteiger partial charge in [0.15, 0.2) is 0 Å². The van der Waals surface area contributed by atoms with Crippen molar-refractivity contribution in [2.24, 2.45) is 5.92 Å². The van der Waals surface area contributed by atoms with Crippen LogP contribution in [-0.4, -0.2) is 23.2 Å². The van der Waals surface area contributed by atoms with Crippen LogP contribution >= 0.6 is 0 Å². The third kappa shape index (κ3) is 4.39. The maximum atomic E-state index is 12.7. The van der Waals surface area contributed by atoms with E-state index in [4.69, 9.17) is 9.26 Å². The Labute approximate surface area is 164 Å². The molecule has 0 radical (unpaired) electrons. The zero-order valence-electron chi connectivity index (χ0n) is 16.6. The highest BCUT2D eigenvalue weighted by atomic mass is 16.5. The lowest BCUT2D eigenvalue weighted by molar-refractivity contribution is 0.0910. The molecule has 146 valence electrons. The van der Waals surface area contributed by atoms with Gasteiger partial charge in [-0.05, 0) is 37.1 Å². The van der Waals surface area contributed by atoms with E-state index >= 15 is 0 Å². The zero-order valence-corrected chi connectivity index (χ0v) is 16.6. The Bertz CT molecular complexity index is 934. The van der Waals surface area contributed by atoms with Gasteiger partial charge < -0.3 is 14.6 Å². The monoisotopic (exact) mass is 379 g/mol. The number of hydrogen-bond donors (Lipinski definition) is 1. The lowest BCUT2D eigenvalue weighted by atomic mass is 9.98. The van der Waals surface area contributed by atoms with E-state index in [1.807, 2.05) is 55.5 Å². The molecule has 0 aliphatic carbocycles. The smallest absolute Gasteiger partial charge is 0.251 e. The van der Waals surface area contributed by atoms with Gasteiger partial charge in [0, 0.05) is 11.1 Å². The molecular formula is C22H25N3O3. The van der Waals surface area contributed by atoms with Crippen molar-refractivity contribution in [1.29, 1.82) is 0 Å². The van der Waals surface area contributed by atoms with Gasteiger partial charge in [0.05, 0.1) is 7.11 Å². The Hall–Kier alpha value is -3.15. The van der Waals surface area contributed by atoms with Crippen LogP contribution in [0.25, 0.3) is 11.4 Å². The van der Waals surface area contributed by atoms with Crippen molar-refractivity contribution in [3.05, 3.63) is 65.5 Å². The number of methoxy groups -OCH3 is 1. The number of benzene rings is 2. The van der Waals surface area contributed by atoms with E-state index in [1.54, 1.807) is 7.11 Å². The molecule has 1 aromatic heterocycles. The first-order valence-corrected chi connectivity index (χ1v) is 9.37. The summed E-state index contributed by atoms with van der Waals surface area (Å²) in [6.07, 6.45) is 0.857. The predicted molar refractivity (Wildman–Crippen MR) is 107 cm³/mol. The molecule has 1 amide bonds. The van der Waals surface area contributed by atoms with Gasteiger partial charge in [-0.15, -0.1) is 0 Å². The van der Waals surface area contributed by atoms with Gasteiger partial charge in [-0.3, -0.25) is 4.79 Å². The van der Waals surface area contributed by atoms with E-state index in [-0.39, 0.29) is 17.9 Å². The summed E-state index contributed by atoms with van der Waals surface area (Å²) < 4.78 is 10.8. The second-order valence-electron chi connectivity index (χ2n) is 6.89. The van der Waals surface area contributed by atoms with Crippen molar-refractivity contribution in [3.8, 4) is 17.1 Å². The fourth-order valence-electron chi connectivity index (χ4n) is 2.85. The molecule has 0 saturated heterocycles. The molecule has 1 N–H and O–H groups in total. The Morgan fingerprint density at radius 1 is 1.21 bits per heavy atom. The largest absolute Gasteiger partial charge is 0.497 e. The molecule has 0 aliphatic rings. The topological polar surface area (TPSA) is 77.2 Å². The summed E-state index contributed by atoms with van der Waals surface area (Å²) in [5.74, 6) is 1.55. The number of aromatic nitrogens is 2. The maximum absolute atomic E-state index is 12.7. The number of rotatable bonds is 7. The summed E-state index contributed by atoms with van der Waals surface area (Å²) in [7, 11) is 1.61. The van der Waals surface area contributed by atoms with E-state index in [9.17, 15) is 4.79 Å². The van der Waals surface area contributed by atoms with Gasteiger partial charge in [-0.2, -0.15) is 4.98 Å². The average molecular weight is 379 g/mol. The number of nitrogens with one attached hydrogen (secondary N) is 1. The van der Waals surface area contributed by atoms with Crippen molar-refractivity contribution < 1.29 is 14.1 Å². The second kappa shape index (κ2) is 8.69. The predicted octanol–water partition coefficient (Wildman–Crippen LogP) is 4.57. The molecule has 0 aliphatic heterocycles. The van der Waals surface area contributed by atoms with Crippen molar-refractivity contribution >= 4 is 5.91 Å². The first-order chi connectivity index (χ1) is 13.5. The highest BCUT2D eigenvalue weighted by molar-refractivity contribution is 5.94. The number of amides is 1. The van der Waals surface area contributed by atoms with Crippen LogP contribution in [0, 0.1) is 12.8 Å². The third-order valence-electron chi connectivity index (χ3n) is 4.85. The molecule has 2 atom stereocenters. The third-order valence-corrected chi connectivity index (χ3v) is 4.85. The van der Waals surface area contributed by atoms with Crippen LogP contribution in [0.2, 0.25) is 0 Å². The highest BCUT2D eigenvalue weighted by Crippen LogP contribution is 2.27. The van der Waals surface area contributed by atoms with Gasteiger partial charge >= 0.3 is 0 Å². The SMILES string of the molecule is CC[C@H](C)[C@H](NC(=O)c1ccc(C)cc1)c1nc(-c2cccc(OC)c2)no1.